The van der Waals surface area contributed by atoms with Crippen LogP contribution < -0.4 is 4.74 Å². The van der Waals surface area contributed by atoms with Crippen molar-refractivity contribution in [2.45, 2.75) is 37.2 Å². The fourth-order valence-electron chi connectivity index (χ4n) is 5.09. The van der Waals surface area contributed by atoms with Gasteiger partial charge in [0.15, 0.2) is 0 Å². The zero-order chi connectivity index (χ0) is 22.2. The summed E-state index contributed by atoms with van der Waals surface area (Å²) in [6.45, 7) is 7.50. The van der Waals surface area contributed by atoms with E-state index in [9.17, 15) is 0 Å². The second kappa shape index (κ2) is 9.00. The summed E-state index contributed by atoms with van der Waals surface area (Å²) in [5, 5.41) is 1.26. The summed E-state index contributed by atoms with van der Waals surface area (Å²) >= 11 is 0. The number of rotatable bonds is 7. The van der Waals surface area contributed by atoms with E-state index in [0.29, 0.717) is 6.04 Å². The number of aromatic nitrogens is 1. The Balaban J connectivity index is 1.47. The number of ether oxygens (including phenoxy) is 1. The molecule has 5 nitrogen and oxygen atoms in total. The van der Waals surface area contributed by atoms with Crippen molar-refractivity contribution in [2.24, 2.45) is 5.92 Å². The summed E-state index contributed by atoms with van der Waals surface area (Å²) in [7, 11) is 1.33. The minimum absolute atomic E-state index is 0.348. The molecule has 2 atom stereocenters. The third-order valence-electron chi connectivity index (χ3n) is 7.10. The van der Waals surface area contributed by atoms with Crippen molar-refractivity contribution in [3.05, 3.63) is 59.3 Å². The maximum Gasteiger partial charge on any atom is 0.124 e. The van der Waals surface area contributed by atoms with E-state index in [1.165, 1.54) is 47.0 Å². The van der Waals surface area contributed by atoms with E-state index in [1.807, 2.05) is 12.5 Å². The lowest BCUT2D eigenvalue weighted by molar-refractivity contribution is 0.0650. The second-order valence-electron chi connectivity index (χ2n) is 9.41. The van der Waals surface area contributed by atoms with Crippen LogP contribution in [0, 0.1) is 17.6 Å². The number of hydrogen-bond donors (Lipinski definition) is 2. The third kappa shape index (κ3) is 4.36. The third-order valence-corrected chi connectivity index (χ3v) is 8.08. The van der Waals surface area contributed by atoms with Gasteiger partial charge in [0.25, 0.3) is 0 Å². The van der Waals surface area contributed by atoms with Gasteiger partial charge < -0.3 is 9.72 Å². The largest absolute Gasteiger partial charge is 0.496 e. The number of H-pyrrole nitrogens is 1. The van der Waals surface area contributed by atoms with Gasteiger partial charge in [-0.2, -0.15) is 0 Å². The van der Waals surface area contributed by atoms with Crippen LogP contribution in [0.5, 0.6) is 5.75 Å². The Morgan fingerprint density at radius 2 is 1.94 bits per heavy atom. The maximum absolute atomic E-state index is 8.05. The molecule has 2 aromatic carbocycles. The highest BCUT2D eigenvalue weighted by Crippen LogP contribution is 2.36. The van der Waals surface area contributed by atoms with Gasteiger partial charge in [-0.25, -0.2) is 0 Å². The molecule has 5 rings (SSSR count). The fraction of sp³-hybridized carbons (Fsp3) is 0.462. The van der Waals surface area contributed by atoms with Crippen molar-refractivity contribution < 1.29 is 4.74 Å². The molecule has 0 radical (unpaired) electrons. The molecule has 3 aromatic rings. The lowest BCUT2D eigenvalue weighted by Gasteiger charge is -2.42. The quantitative estimate of drug-likeness (QED) is 0.525. The number of methoxy groups -OCH3 is 1. The number of fused-ring (bicyclic) bond motifs is 1. The predicted molar refractivity (Wildman–Crippen MR) is 133 cm³/mol. The van der Waals surface area contributed by atoms with Crippen LogP contribution in [0.2, 0.25) is 0 Å². The molecule has 2 fully saturated rings. The van der Waals surface area contributed by atoms with Crippen molar-refractivity contribution in [1.29, 1.82) is 4.78 Å². The van der Waals surface area contributed by atoms with Gasteiger partial charge in [-0.15, -0.1) is 0 Å². The van der Waals surface area contributed by atoms with Crippen molar-refractivity contribution in [3.63, 3.8) is 0 Å². The van der Waals surface area contributed by atoms with Gasteiger partial charge in [-0.05, 0) is 67.3 Å². The van der Waals surface area contributed by atoms with Crippen molar-refractivity contribution in [3.8, 4) is 5.75 Å². The SMILES string of the molecule is COc1cc(C)c2[nH]ccc2c1CN1CCN(CC2CC2)C[C@H]1c1ccc([S@](C)=N)cc1. The summed E-state index contributed by atoms with van der Waals surface area (Å²) in [4.78, 5) is 9.82. The highest BCUT2D eigenvalue weighted by atomic mass is 32.2. The summed E-state index contributed by atoms with van der Waals surface area (Å²) in [5.41, 5.74) is 5.06. The van der Waals surface area contributed by atoms with Gasteiger partial charge in [0.1, 0.15) is 5.75 Å². The van der Waals surface area contributed by atoms with E-state index < -0.39 is 10.7 Å². The van der Waals surface area contributed by atoms with Gasteiger partial charge in [0.2, 0.25) is 0 Å². The monoisotopic (exact) mass is 450 g/mol. The molecule has 170 valence electrons. The molecule has 2 aliphatic rings. The van der Waals surface area contributed by atoms with Crippen LogP contribution in [-0.2, 0) is 17.2 Å². The highest BCUT2D eigenvalue weighted by molar-refractivity contribution is 7.85. The molecule has 0 amide bonds. The number of benzene rings is 2. The van der Waals surface area contributed by atoms with Crippen LogP contribution in [0.1, 0.15) is 35.6 Å². The Labute approximate surface area is 193 Å². The molecule has 32 heavy (non-hydrogen) atoms. The van der Waals surface area contributed by atoms with Gasteiger partial charge in [0, 0.05) is 66.3 Å². The lowest BCUT2D eigenvalue weighted by Crippen LogP contribution is -2.48. The number of nitrogens with one attached hydrogen (secondary N) is 2. The van der Waals surface area contributed by atoms with Crippen LogP contribution in [0.15, 0.2) is 47.5 Å². The van der Waals surface area contributed by atoms with E-state index in [4.69, 9.17) is 9.52 Å². The molecule has 1 saturated heterocycles. The van der Waals surface area contributed by atoms with Crippen LogP contribution in [0.25, 0.3) is 10.9 Å². The molecule has 1 aliphatic heterocycles. The number of aryl methyl sites for hydroxylation is 1. The van der Waals surface area contributed by atoms with E-state index in [1.54, 1.807) is 7.11 Å². The Bertz CT molecular complexity index is 1120. The van der Waals surface area contributed by atoms with E-state index in [2.05, 4.69) is 58.1 Å². The van der Waals surface area contributed by atoms with Crippen molar-refractivity contribution in [1.82, 2.24) is 14.8 Å². The van der Waals surface area contributed by atoms with Gasteiger partial charge in [-0.1, -0.05) is 22.8 Å². The van der Waals surface area contributed by atoms with Gasteiger partial charge in [0.05, 0.1) is 7.11 Å². The topological polar surface area (TPSA) is 55.4 Å². The number of aromatic amines is 1. The molecule has 6 heteroatoms. The number of hydrogen-bond acceptors (Lipinski definition) is 4. The highest BCUT2D eigenvalue weighted by Gasteiger charge is 2.32. The number of piperazine rings is 1. The van der Waals surface area contributed by atoms with Crippen molar-refractivity contribution in [2.75, 3.05) is 39.5 Å². The van der Waals surface area contributed by atoms with Gasteiger partial charge in [-0.3, -0.25) is 14.6 Å². The second-order valence-corrected chi connectivity index (χ2v) is 10.9. The van der Waals surface area contributed by atoms with Crippen LogP contribution in [0.4, 0.5) is 0 Å². The standard InChI is InChI=1S/C26H34N4OS/c1-18-14-25(31-2)23(22-10-11-28-26(18)22)16-30-13-12-29(15-19-4-5-19)17-24(30)20-6-8-21(9-7-20)32(3)27/h6-11,14,19,24,27-28H,4-5,12-13,15-17H2,1-3H3/t24-,32-/m0/s1. The first-order valence-electron chi connectivity index (χ1n) is 11.6. The summed E-state index contributed by atoms with van der Waals surface area (Å²) in [5.74, 6) is 1.89. The van der Waals surface area contributed by atoms with Crippen molar-refractivity contribution >= 4 is 21.6 Å². The molecule has 2 heterocycles. The summed E-state index contributed by atoms with van der Waals surface area (Å²) in [6, 6.07) is 13.5. The Morgan fingerprint density at radius 1 is 1.16 bits per heavy atom. The van der Waals surface area contributed by atoms with E-state index >= 15 is 0 Å². The Morgan fingerprint density at radius 3 is 2.62 bits per heavy atom. The minimum atomic E-state index is -0.451. The van der Waals surface area contributed by atoms with Crippen LogP contribution >= 0.6 is 0 Å². The first kappa shape index (κ1) is 21.7. The zero-order valence-corrected chi connectivity index (χ0v) is 20.2. The van der Waals surface area contributed by atoms with E-state index in [0.717, 1.165) is 42.7 Å². The predicted octanol–water partition coefficient (Wildman–Crippen LogP) is 5.12. The average molecular weight is 451 g/mol. The first-order chi connectivity index (χ1) is 15.5. The fourth-order valence-corrected chi connectivity index (χ4v) is 5.64. The zero-order valence-electron chi connectivity index (χ0n) is 19.4. The number of nitrogens with zero attached hydrogens (tertiary/aromatic N) is 2. The average Bonchev–Trinajstić information content (AvgIpc) is 3.47. The molecule has 0 bridgehead atoms. The summed E-state index contributed by atoms with van der Waals surface area (Å²) in [6.07, 6.45) is 6.79. The molecule has 0 spiro atoms. The molecular formula is C26H34N4OS. The van der Waals surface area contributed by atoms with E-state index in [-0.39, 0.29) is 0 Å². The van der Waals surface area contributed by atoms with Gasteiger partial charge >= 0.3 is 0 Å². The first-order valence-corrected chi connectivity index (χ1v) is 13.2. The Hall–Kier alpha value is -2.15. The summed E-state index contributed by atoms with van der Waals surface area (Å²) < 4.78 is 13.9. The van der Waals surface area contributed by atoms with Crippen LogP contribution in [0.3, 0.4) is 0 Å². The molecule has 1 aromatic heterocycles. The maximum atomic E-state index is 8.05. The normalized spacial score (nSPS) is 21.2. The molecule has 1 saturated carbocycles. The molecule has 2 N–H and O–H groups in total. The molecule has 1 aliphatic carbocycles. The molecule has 0 unspecified atom stereocenters. The van der Waals surface area contributed by atoms with Crippen LogP contribution in [-0.4, -0.2) is 54.3 Å². The smallest absolute Gasteiger partial charge is 0.124 e. The molecular weight excluding hydrogens is 416 g/mol. The lowest BCUT2D eigenvalue weighted by atomic mass is 9.99. The Kier molecular flexibility index (Phi) is 6.10. The minimum Gasteiger partial charge on any atom is -0.496 e.